The molecule has 0 amide bonds. The van der Waals surface area contributed by atoms with Gasteiger partial charge in [0.15, 0.2) is 9.84 Å². The van der Waals surface area contributed by atoms with Gasteiger partial charge in [0.05, 0.1) is 22.1 Å². The Balaban J connectivity index is 2.25. The van der Waals surface area contributed by atoms with E-state index in [4.69, 9.17) is 16.7 Å². The van der Waals surface area contributed by atoms with E-state index in [-0.39, 0.29) is 22.1 Å². The molecule has 1 aromatic heterocycles. The molecule has 6 nitrogen and oxygen atoms in total. The number of carbonyl (C=O) groups is 1. The lowest BCUT2D eigenvalue weighted by Crippen LogP contribution is -2.40. The number of carboxylic acid groups (broad SMARTS) is 1. The third-order valence-corrected chi connectivity index (χ3v) is 4.65. The second-order valence-electron chi connectivity index (χ2n) is 3.97. The zero-order valence-electron chi connectivity index (χ0n) is 9.34. The third-order valence-electron chi connectivity index (χ3n) is 2.74. The molecule has 0 radical (unpaired) electrons. The van der Waals surface area contributed by atoms with Crippen LogP contribution >= 0.6 is 11.6 Å². The minimum Gasteiger partial charge on any atom is -0.478 e. The van der Waals surface area contributed by atoms with Gasteiger partial charge in [-0.2, -0.15) is 0 Å². The number of carboxylic acids is 1. The van der Waals surface area contributed by atoms with Gasteiger partial charge in [0.2, 0.25) is 0 Å². The van der Waals surface area contributed by atoms with Crippen LogP contribution in [0.4, 0.5) is 5.82 Å². The summed E-state index contributed by atoms with van der Waals surface area (Å²) in [4.78, 5) is 16.7. The van der Waals surface area contributed by atoms with Gasteiger partial charge in [-0.1, -0.05) is 11.6 Å². The number of aromatic carboxylic acids is 1. The molecule has 2 heterocycles. The van der Waals surface area contributed by atoms with Gasteiger partial charge in [0.25, 0.3) is 0 Å². The molecule has 0 aromatic carbocycles. The molecule has 0 unspecified atom stereocenters. The van der Waals surface area contributed by atoms with Gasteiger partial charge < -0.3 is 10.0 Å². The van der Waals surface area contributed by atoms with Gasteiger partial charge in [-0.15, -0.1) is 0 Å². The largest absolute Gasteiger partial charge is 0.478 e. The predicted octanol–water partition coefficient (Wildman–Crippen LogP) is 0.668. The van der Waals surface area contributed by atoms with Crippen molar-refractivity contribution in [1.82, 2.24) is 4.98 Å². The van der Waals surface area contributed by atoms with Crippen LogP contribution in [0.3, 0.4) is 0 Å². The number of sulfone groups is 1. The summed E-state index contributed by atoms with van der Waals surface area (Å²) in [6.07, 6.45) is 1.27. The van der Waals surface area contributed by atoms with E-state index in [1.165, 1.54) is 12.3 Å². The van der Waals surface area contributed by atoms with Crippen molar-refractivity contribution in [2.75, 3.05) is 29.5 Å². The number of hydrogen-bond acceptors (Lipinski definition) is 5. The summed E-state index contributed by atoms with van der Waals surface area (Å²) < 4.78 is 22.6. The summed E-state index contributed by atoms with van der Waals surface area (Å²) >= 11 is 5.72. The molecule has 18 heavy (non-hydrogen) atoms. The Labute approximate surface area is 109 Å². The van der Waals surface area contributed by atoms with E-state index in [2.05, 4.69) is 4.98 Å². The maximum Gasteiger partial charge on any atom is 0.337 e. The van der Waals surface area contributed by atoms with Crippen molar-refractivity contribution in [1.29, 1.82) is 0 Å². The smallest absolute Gasteiger partial charge is 0.337 e. The molecule has 1 saturated heterocycles. The highest BCUT2D eigenvalue weighted by Crippen LogP contribution is 2.21. The van der Waals surface area contributed by atoms with E-state index >= 15 is 0 Å². The lowest BCUT2D eigenvalue weighted by atomic mass is 10.2. The first-order valence-electron chi connectivity index (χ1n) is 5.23. The zero-order valence-corrected chi connectivity index (χ0v) is 10.9. The fourth-order valence-electron chi connectivity index (χ4n) is 1.71. The van der Waals surface area contributed by atoms with Crippen LogP contribution < -0.4 is 4.90 Å². The van der Waals surface area contributed by atoms with Crippen molar-refractivity contribution in [3.05, 3.63) is 22.8 Å². The number of halogens is 1. The van der Waals surface area contributed by atoms with Crippen molar-refractivity contribution in [3.63, 3.8) is 0 Å². The number of aromatic nitrogens is 1. The highest BCUT2D eigenvalue weighted by atomic mass is 35.5. The van der Waals surface area contributed by atoms with Crippen LogP contribution in [0, 0.1) is 0 Å². The number of anilines is 1. The second-order valence-corrected chi connectivity index (χ2v) is 6.68. The maximum atomic E-state index is 11.3. The molecule has 98 valence electrons. The van der Waals surface area contributed by atoms with Crippen LogP contribution in [0.1, 0.15) is 10.4 Å². The monoisotopic (exact) mass is 290 g/mol. The summed E-state index contributed by atoms with van der Waals surface area (Å²) in [5.74, 6) is -0.584. The molecule has 0 atom stereocenters. The van der Waals surface area contributed by atoms with Crippen LogP contribution in [0.2, 0.25) is 5.02 Å². The van der Waals surface area contributed by atoms with Crippen LogP contribution in [-0.2, 0) is 9.84 Å². The lowest BCUT2D eigenvalue weighted by molar-refractivity contribution is 0.0697. The van der Waals surface area contributed by atoms with Gasteiger partial charge in [-0.25, -0.2) is 18.2 Å². The average molecular weight is 291 g/mol. The minimum atomic E-state index is -2.97. The summed E-state index contributed by atoms with van der Waals surface area (Å²) in [6.45, 7) is 0.631. The van der Waals surface area contributed by atoms with E-state index in [0.717, 1.165) is 0 Å². The Morgan fingerprint density at radius 3 is 2.56 bits per heavy atom. The van der Waals surface area contributed by atoms with Crippen LogP contribution in [-0.4, -0.2) is 49.1 Å². The Bertz CT molecular complexity index is 574. The number of nitrogens with zero attached hydrogens (tertiary/aromatic N) is 2. The molecule has 1 aliphatic heterocycles. The highest BCUT2D eigenvalue weighted by molar-refractivity contribution is 7.91. The molecule has 1 fully saturated rings. The fourth-order valence-corrected chi connectivity index (χ4v) is 3.09. The van der Waals surface area contributed by atoms with E-state index < -0.39 is 15.8 Å². The molecular weight excluding hydrogens is 280 g/mol. The number of pyridine rings is 1. The van der Waals surface area contributed by atoms with Gasteiger partial charge in [-0.3, -0.25) is 0 Å². The molecule has 1 N–H and O–H groups in total. The topological polar surface area (TPSA) is 87.6 Å². The van der Waals surface area contributed by atoms with Crippen molar-refractivity contribution >= 4 is 33.2 Å². The van der Waals surface area contributed by atoms with Crippen molar-refractivity contribution in [2.45, 2.75) is 0 Å². The quantitative estimate of drug-likeness (QED) is 0.861. The SMILES string of the molecule is O=C(O)c1cc(N2CCS(=O)(=O)CC2)ncc1Cl. The first-order valence-corrected chi connectivity index (χ1v) is 7.43. The molecule has 8 heteroatoms. The van der Waals surface area contributed by atoms with Crippen LogP contribution in [0.15, 0.2) is 12.3 Å². The van der Waals surface area contributed by atoms with Gasteiger partial charge in [0, 0.05) is 19.3 Å². The fraction of sp³-hybridized carbons (Fsp3) is 0.400. The molecule has 2 rings (SSSR count). The highest BCUT2D eigenvalue weighted by Gasteiger charge is 2.23. The van der Waals surface area contributed by atoms with Gasteiger partial charge >= 0.3 is 5.97 Å². The molecule has 1 aromatic rings. The summed E-state index contributed by atoms with van der Waals surface area (Å²) in [5.41, 5.74) is -0.0323. The van der Waals surface area contributed by atoms with E-state index in [0.29, 0.717) is 18.9 Å². The third kappa shape index (κ3) is 2.73. The van der Waals surface area contributed by atoms with Crippen LogP contribution in [0.25, 0.3) is 0 Å². The lowest BCUT2D eigenvalue weighted by Gasteiger charge is -2.27. The molecule has 0 saturated carbocycles. The first kappa shape index (κ1) is 13.1. The van der Waals surface area contributed by atoms with Crippen molar-refractivity contribution in [2.24, 2.45) is 0 Å². The Morgan fingerprint density at radius 1 is 1.39 bits per heavy atom. The maximum absolute atomic E-state index is 11.3. The number of rotatable bonds is 2. The first-order chi connectivity index (χ1) is 8.39. The minimum absolute atomic E-state index is 0.0323. The molecule has 0 spiro atoms. The Hall–Kier alpha value is -1.34. The van der Waals surface area contributed by atoms with E-state index in [9.17, 15) is 13.2 Å². The Morgan fingerprint density at radius 2 is 2.00 bits per heavy atom. The molecule has 1 aliphatic rings. The van der Waals surface area contributed by atoms with E-state index in [1.807, 2.05) is 0 Å². The van der Waals surface area contributed by atoms with Crippen molar-refractivity contribution in [3.8, 4) is 0 Å². The normalized spacial score (nSPS) is 18.6. The second kappa shape index (κ2) is 4.74. The summed E-state index contributed by atoms with van der Waals surface area (Å²) in [6, 6.07) is 1.36. The zero-order chi connectivity index (χ0) is 13.3. The van der Waals surface area contributed by atoms with Crippen LogP contribution in [0.5, 0.6) is 0 Å². The number of hydrogen-bond donors (Lipinski definition) is 1. The van der Waals surface area contributed by atoms with E-state index in [1.54, 1.807) is 4.90 Å². The van der Waals surface area contributed by atoms with Gasteiger partial charge in [0.1, 0.15) is 5.82 Å². The van der Waals surface area contributed by atoms with Gasteiger partial charge in [-0.05, 0) is 6.07 Å². The predicted molar refractivity (Wildman–Crippen MR) is 67.1 cm³/mol. The molecule has 0 aliphatic carbocycles. The standard InChI is InChI=1S/C10H11ClN2O4S/c11-8-6-12-9(5-7(8)10(14)15)13-1-3-18(16,17)4-2-13/h5-6H,1-4H2,(H,14,15). The molecule has 0 bridgehead atoms. The average Bonchev–Trinajstić information content (AvgIpc) is 2.30. The summed E-state index contributed by atoms with van der Waals surface area (Å²) in [5, 5.41) is 9.01. The summed E-state index contributed by atoms with van der Waals surface area (Å²) in [7, 11) is -2.97. The molecular formula is C10H11ClN2O4S. The van der Waals surface area contributed by atoms with Crippen molar-refractivity contribution < 1.29 is 18.3 Å². The Kier molecular flexibility index (Phi) is 3.45.